The van der Waals surface area contributed by atoms with E-state index in [0.717, 1.165) is 22.6 Å². The minimum Gasteiger partial charge on any atom is -0.486 e. The van der Waals surface area contributed by atoms with Gasteiger partial charge in [0.05, 0.1) is 24.5 Å². The summed E-state index contributed by atoms with van der Waals surface area (Å²) in [5.74, 6) is -0.272. The number of aryl methyl sites for hydroxylation is 1. The fourth-order valence-electron chi connectivity index (χ4n) is 3.43. The fourth-order valence-corrected chi connectivity index (χ4v) is 5.30. The van der Waals surface area contributed by atoms with Crippen LogP contribution in [0.3, 0.4) is 0 Å². The number of hydrogen-bond acceptors (Lipinski definition) is 10. The Labute approximate surface area is 229 Å². The maximum atomic E-state index is 12.9. The number of anilines is 1. The number of allylic oxidation sites excluding steroid dienone is 1. The van der Waals surface area contributed by atoms with Crippen LogP contribution in [0.5, 0.6) is 5.75 Å². The van der Waals surface area contributed by atoms with Gasteiger partial charge in [0, 0.05) is 6.54 Å². The van der Waals surface area contributed by atoms with Gasteiger partial charge in [-0.1, -0.05) is 30.0 Å². The largest absolute Gasteiger partial charge is 0.486 e. The van der Waals surface area contributed by atoms with E-state index in [9.17, 15) is 14.4 Å². The van der Waals surface area contributed by atoms with Gasteiger partial charge < -0.3 is 19.5 Å². The first-order valence-corrected chi connectivity index (χ1v) is 13.7. The van der Waals surface area contributed by atoms with Crippen molar-refractivity contribution in [2.45, 2.75) is 46.0 Å². The molecule has 1 N–H and O–H groups in total. The fraction of sp³-hybridized carbons (Fsp3) is 0.346. The molecule has 0 bridgehead atoms. The number of aromatic nitrogens is 3. The molecule has 2 aromatic heterocycles. The van der Waals surface area contributed by atoms with Gasteiger partial charge in [-0.25, -0.2) is 9.59 Å². The molecule has 3 rings (SSSR count). The van der Waals surface area contributed by atoms with Crippen LogP contribution in [0.25, 0.3) is 0 Å². The smallest absolute Gasteiger partial charge is 0.348 e. The average molecular weight is 559 g/mol. The summed E-state index contributed by atoms with van der Waals surface area (Å²) in [4.78, 5) is 38.0. The van der Waals surface area contributed by atoms with Crippen LogP contribution in [-0.2, 0) is 27.4 Å². The Hall–Kier alpha value is -3.64. The maximum absolute atomic E-state index is 12.9. The van der Waals surface area contributed by atoms with E-state index in [-0.39, 0.29) is 46.9 Å². The average Bonchev–Trinajstić information content (AvgIpc) is 3.42. The number of nitrogens with one attached hydrogen (secondary N) is 1. The Morgan fingerprint density at radius 1 is 1.13 bits per heavy atom. The number of thioether (sulfide) groups is 1. The molecule has 2 heterocycles. The van der Waals surface area contributed by atoms with Crippen LogP contribution < -0.4 is 10.1 Å². The van der Waals surface area contributed by atoms with Crippen molar-refractivity contribution in [3.8, 4) is 5.75 Å². The van der Waals surface area contributed by atoms with Gasteiger partial charge in [0.15, 0.2) is 11.0 Å². The molecule has 12 heteroatoms. The highest BCUT2D eigenvalue weighted by atomic mass is 32.2. The number of thiophene rings is 1. The van der Waals surface area contributed by atoms with Crippen molar-refractivity contribution in [2.24, 2.45) is 0 Å². The van der Waals surface area contributed by atoms with Crippen molar-refractivity contribution < 1.29 is 28.6 Å². The number of benzene rings is 1. The molecule has 0 atom stereocenters. The summed E-state index contributed by atoms with van der Waals surface area (Å²) in [5, 5.41) is 11.9. The Kier molecular flexibility index (Phi) is 10.5. The normalized spacial score (nSPS) is 10.6. The molecule has 0 saturated carbocycles. The molecule has 0 fully saturated rings. The van der Waals surface area contributed by atoms with Crippen molar-refractivity contribution in [3.05, 3.63) is 64.3 Å². The number of amides is 1. The van der Waals surface area contributed by atoms with Crippen LogP contribution in [0.1, 0.15) is 50.8 Å². The molecular weight excluding hydrogens is 528 g/mol. The Balaban J connectivity index is 1.72. The van der Waals surface area contributed by atoms with Gasteiger partial charge in [0.2, 0.25) is 5.91 Å². The number of carbonyl (C=O) groups excluding carboxylic acids is 3. The zero-order valence-electron chi connectivity index (χ0n) is 21.7. The highest BCUT2D eigenvalue weighted by Gasteiger charge is 2.27. The summed E-state index contributed by atoms with van der Waals surface area (Å²) < 4.78 is 17.9. The summed E-state index contributed by atoms with van der Waals surface area (Å²) in [5.41, 5.74) is 1.63. The highest BCUT2D eigenvalue weighted by Crippen LogP contribution is 2.34. The summed E-state index contributed by atoms with van der Waals surface area (Å²) in [6.45, 7) is 11.7. The van der Waals surface area contributed by atoms with Gasteiger partial charge in [0.1, 0.15) is 22.2 Å². The SMILES string of the molecule is C=CCn1c(COc2cccc(C)c2)nnc1SCC(=O)Nc1sc(C(=O)OCC)c(C)c1C(=O)OCC. The van der Waals surface area contributed by atoms with Gasteiger partial charge in [-0.15, -0.1) is 28.1 Å². The molecule has 0 aliphatic carbocycles. The molecule has 1 amide bonds. The summed E-state index contributed by atoms with van der Waals surface area (Å²) >= 11 is 2.16. The van der Waals surface area contributed by atoms with Crippen LogP contribution in [0.4, 0.5) is 5.00 Å². The van der Waals surface area contributed by atoms with Crippen LogP contribution in [0.2, 0.25) is 0 Å². The number of nitrogens with zero attached hydrogens (tertiary/aromatic N) is 3. The van der Waals surface area contributed by atoms with E-state index in [2.05, 4.69) is 22.1 Å². The predicted octanol–water partition coefficient (Wildman–Crippen LogP) is 4.81. The topological polar surface area (TPSA) is 122 Å². The summed E-state index contributed by atoms with van der Waals surface area (Å²) in [6.07, 6.45) is 1.71. The quantitative estimate of drug-likeness (QED) is 0.179. The second-order valence-electron chi connectivity index (χ2n) is 7.94. The lowest BCUT2D eigenvalue weighted by atomic mass is 10.1. The molecule has 10 nitrogen and oxygen atoms in total. The summed E-state index contributed by atoms with van der Waals surface area (Å²) in [7, 11) is 0. The number of rotatable bonds is 13. The Morgan fingerprint density at radius 2 is 1.87 bits per heavy atom. The van der Waals surface area contributed by atoms with E-state index >= 15 is 0 Å². The van der Waals surface area contributed by atoms with E-state index in [1.807, 2.05) is 35.8 Å². The molecule has 202 valence electrons. The van der Waals surface area contributed by atoms with Gasteiger partial charge in [0.25, 0.3) is 0 Å². The first kappa shape index (κ1) is 28.9. The Bertz CT molecular complexity index is 1320. The molecular formula is C26H30N4O6S2. The lowest BCUT2D eigenvalue weighted by molar-refractivity contribution is -0.113. The first-order valence-electron chi connectivity index (χ1n) is 11.9. The lowest BCUT2D eigenvalue weighted by Crippen LogP contribution is -2.17. The third-order valence-electron chi connectivity index (χ3n) is 5.14. The number of ether oxygens (including phenoxy) is 3. The van der Waals surface area contributed by atoms with E-state index in [4.69, 9.17) is 14.2 Å². The van der Waals surface area contributed by atoms with Crippen molar-refractivity contribution >= 4 is 45.9 Å². The zero-order valence-corrected chi connectivity index (χ0v) is 23.4. The second kappa shape index (κ2) is 13.8. The number of esters is 2. The van der Waals surface area contributed by atoms with Gasteiger partial charge >= 0.3 is 11.9 Å². The van der Waals surface area contributed by atoms with Gasteiger partial charge in [-0.05, 0) is 51.0 Å². The second-order valence-corrected chi connectivity index (χ2v) is 9.90. The molecule has 0 radical (unpaired) electrons. The molecule has 0 saturated heterocycles. The van der Waals surface area contributed by atoms with Crippen molar-refractivity contribution in [1.29, 1.82) is 0 Å². The van der Waals surface area contributed by atoms with E-state index in [1.54, 1.807) is 26.8 Å². The van der Waals surface area contributed by atoms with E-state index in [1.165, 1.54) is 11.8 Å². The number of hydrogen-bond donors (Lipinski definition) is 1. The standard InChI is InChI=1S/C26H30N4O6S2/c1-6-12-30-19(14-36-18-11-9-10-16(4)13-18)28-29-26(30)37-15-20(31)27-23-21(24(32)34-7-2)17(5)22(38-23)25(33)35-8-3/h6,9-11,13H,1,7-8,12,14-15H2,2-5H3,(H,27,31). The van der Waals surface area contributed by atoms with E-state index < -0.39 is 11.9 Å². The van der Waals surface area contributed by atoms with E-state index in [0.29, 0.717) is 23.1 Å². The molecule has 3 aromatic rings. The highest BCUT2D eigenvalue weighted by molar-refractivity contribution is 7.99. The lowest BCUT2D eigenvalue weighted by Gasteiger charge is -2.10. The molecule has 0 spiro atoms. The monoisotopic (exact) mass is 558 g/mol. The molecule has 0 unspecified atom stereocenters. The predicted molar refractivity (Wildman–Crippen MR) is 146 cm³/mol. The molecule has 38 heavy (non-hydrogen) atoms. The molecule has 0 aliphatic rings. The van der Waals surface area contributed by atoms with Gasteiger partial charge in [-0.2, -0.15) is 0 Å². The number of carbonyl (C=O) groups is 3. The minimum atomic E-state index is -0.622. The molecule has 1 aromatic carbocycles. The van der Waals surface area contributed by atoms with Crippen molar-refractivity contribution in [3.63, 3.8) is 0 Å². The minimum absolute atomic E-state index is 0.0119. The van der Waals surface area contributed by atoms with Crippen LogP contribution in [0.15, 0.2) is 42.1 Å². The maximum Gasteiger partial charge on any atom is 0.348 e. The van der Waals surface area contributed by atoms with Crippen LogP contribution in [0, 0.1) is 13.8 Å². The third kappa shape index (κ3) is 7.23. The van der Waals surface area contributed by atoms with Crippen LogP contribution in [-0.4, -0.2) is 51.6 Å². The first-order chi connectivity index (χ1) is 18.3. The molecule has 0 aliphatic heterocycles. The summed E-state index contributed by atoms with van der Waals surface area (Å²) in [6, 6.07) is 7.69. The van der Waals surface area contributed by atoms with Crippen LogP contribution >= 0.6 is 23.1 Å². The Morgan fingerprint density at radius 3 is 2.55 bits per heavy atom. The van der Waals surface area contributed by atoms with Gasteiger partial charge in [-0.3, -0.25) is 9.36 Å². The van der Waals surface area contributed by atoms with Crippen molar-refractivity contribution in [2.75, 3.05) is 24.3 Å². The van der Waals surface area contributed by atoms with Crippen molar-refractivity contribution in [1.82, 2.24) is 14.8 Å². The zero-order chi connectivity index (χ0) is 27.7. The third-order valence-corrected chi connectivity index (χ3v) is 7.29.